The highest BCUT2D eigenvalue weighted by atomic mass is 16.4. The topological polar surface area (TPSA) is 86.6 Å². The minimum absolute atomic E-state index is 0.0323. The van der Waals surface area contributed by atoms with Crippen molar-refractivity contribution in [3.63, 3.8) is 0 Å². The molecule has 104 valence electrons. The van der Waals surface area contributed by atoms with E-state index in [2.05, 4.69) is 5.32 Å². The van der Waals surface area contributed by atoms with Gasteiger partial charge in [0.1, 0.15) is 0 Å². The van der Waals surface area contributed by atoms with Gasteiger partial charge in [-0.1, -0.05) is 13.3 Å². The first-order valence-electron chi connectivity index (χ1n) is 6.69. The van der Waals surface area contributed by atoms with Crippen LogP contribution in [0.25, 0.3) is 0 Å². The monoisotopic (exact) mass is 257 g/mol. The van der Waals surface area contributed by atoms with E-state index in [0.29, 0.717) is 38.1 Å². The normalized spacial score (nSPS) is 24.8. The molecule has 0 heterocycles. The Kier molecular flexibility index (Phi) is 6.12. The Morgan fingerprint density at radius 3 is 2.50 bits per heavy atom. The molecule has 1 saturated carbocycles. The molecule has 0 aromatic carbocycles. The van der Waals surface area contributed by atoms with Crippen molar-refractivity contribution in [1.82, 2.24) is 5.32 Å². The van der Waals surface area contributed by atoms with Crippen molar-refractivity contribution >= 4 is 11.9 Å². The zero-order chi connectivity index (χ0) is 13.5. The number of amides is 1. The van der Waals surface area contributed by atoms with Crippen LogP contribution in [0.4, 0.5) is 0 Å². The number of aliphatic carboxylic acids is 1. The summed E-state index contributed by atoms with van der Waals surface area (Å²) in [6, 6.07) is 0. The van der Waals surface area contributed by atoms with Crippen molar-refractivity contribution in [2.24, 2.45) is 17.8 Å². The van der Waals surface area contributed by atoms with E-state index in [4.69, 9.17) is 10.2 Å². The number of aliphatic hydroxyl groups excluding tert-OH is 1. The van der Waals surface area contributed by atoms with Gasteiger partial charge >= 0.3 is 5.97 Å². The van der Waals surface area contributed by atoms with Crippen molar-refractivity contribution in [2.45, 2.75) is 39.0 Å². The molecular weight excluding hydrogens is 234 g/mol. The van der Waals surface area contributed by atoms with Crippen LogP contribution in [0, 0.1) is 17.8 Å². The molecule has 0 saturated heterocycles. The van der Waals surface area contributed by atoms with Gasteiger partial charge in [-0.05, 0) is 31.6 Å². The standard InChI is InChI=1S/C13H23NO4/c1-2-9(5-6-15)8-14-12(16)10-3-4-11(7-10)13(17)18/h9-11,15H,2-8H2,1H3,(H,14,16)(H,17,18). The number of rotatable bonds is 7. The van der Waals surface area contributed by atoms with Crippen molar-refractivity contribution < 1.29 is 19.8 Å². The largest absolute Gasteiger partial charge is 0.481 e. The Bertz CT molecular complexity index is 293. The fourth-order valence-electron chi connectivity index (χ4n) is 2.47. The molecule has 5 heteroatoms. The first-order valence-corrected chi connectivity index (χ1v) is 6.69. The van der Waals surface area contributed by atoms with Gasteiger partial charge in [-0.3, -0.25) is 9.59 Å². The smallest absolute Gasteiger partial charge is 0.306 e. The van der Waals surface area contributed by atoms with Gasteiger partial charge in [0.2, 0.25) is 5.91 Å². The second-order valence-corrected chi connectivity index (χ2v) is 5.08. The molecule has 1 rings (SSSR count). The minimum atomic E-state index is -0.794. The predicted molar refractivity (Wildman–Crippen MR) is 67.0 cm³/mol. The van der Waals surface area contributed by atoms with E-state index in [0.717, 1.165) is 6.42 Å². The average molecular weight is 257 g/mol. The number of aliphatic hydroxyl groups is 1. The first kappa shape index (κ1) is 15.0. The Balaban J connectivity index is 2.31. The Hall–Kier alpha value is -1.10. The molecular formula is C13H23NO4. The molecule has 18 heavy (non-hydrogen) atoms. The lowest BCUT2D eigenvalue weighted by Crippen LogP contribution is -2.34. The number of carboxylic acids is 1. The van der Waals surface area contributed by atoms with Gasteiger partial charge in [-0.2, -0.15) is 0 Å². The van der Waals surface area contributed by atoms with E-state index in [-0.39, 0.29) is 24.3 Å². The molecule has 3 N–H and O–H groups in total. The number of carboxylic acid groups (broad SMARTS) is 1. The van der Waals surface area contributed by atoms with Crippen LogP contribution in [0.2, 0.25) is 0 Å². The third-order valence-corrected chi connectivity index (χ3v) is 3.83. The quantitative estimate of drug-likeness (QED) is 0.635. The molecule has 1 aliphatic rings. The van der Waals surface area contributed by atoms with Crippen LogP contribution < -0.4 is 5.32 Å². The molecule has 0 aliphatic heterocycles. The second-order valence-electron chi connectivity index (χ2n) is 5.08. The van der Waals surface area contributed by atoms with Crippen LogP contribution in [0.3, 0.4) is 0 Å². The SMILES string of the molecule is CCC(CCO)CNC(=O)C1CCC(C(=O)O)C1. The van der Waals surface area contributed by atoms with Crippen LogP contribution in [0.1, 0.15) is 39.0 Å². The molecule has 0 radical (unpaired) electrons. The van der Waals surface area contributed by atoms with E-state index in [1.807, 2.05) is 6.92 Å². The van der Waals surface area contributed by atoms with Crippen molar-refractivity contribution in [2.75, 3.05) is 13.2 Å². The maximum Gasteiger partial charge on any atom is 0.306 e. The molecule has 5 nitrogen and oxygen atoms in total. The molecule has 0 spiro atoms. The van der Waals surface area contributed by atoms with Crippen molar-refractivity contribution in [3.05, 3.63) is 0 Å². The number of hydrogen-bond donors (Lipinski definition) is 3. The number of carbonyl (C=O) groups is 2. The van der Waals surface area contributed by atoms with Gasteiger partial charge in [0, 0.05) is 19.1 Å². The number of hydrogen-bond acceptors (Lipinski definition) is 3. The lowest BCUT2D eigenvalue weighted by Gasteiger charge is -2.16. The summed E-state index contributed by atoms with van der Waals surface area (Å²) in [4.78, 5) is 22.7. The van der Waals surface area contributed by atoms with Gasteiger partial charge in [0.05, 0.1) is 5.92 Å². The summed E-state index contributed by atoms with van der Waals surface area (Å²) >= 11 is 0. The highest BCUT2D eigenvalue weighted by molar-refractivity contribution is 5.80. The fourth-order valence-corrected chi connectivity index (χ4v) is 2.47. The lowest BCUT2D eigenvalue weighted by atomic mass is 10.0. The summed E-state index contributed by atoms with van der Waals surface area (Å²) in [5.41, 5.74) is 0. The maximum absolute atomic E-state index is 11.9. The molecule has 1 fully saturated rings. The molecule has 1 amide bonds. The van der Waals surface area contributed by atoms with Gasteiger partial charge in [0.15, 0.2) is 0 Å². The van der Waals surface area contributed by atoms with E-state index in [1.165, 1.54) is 0 Å². The number of carbonyl (C=O) groups excluding carboxylic acids is 1. The highest BCUT2D eigenvalue weighted by Gasteiger charge is 2.33. The summed E-state index contributed by atoms with van der Waals surface area (Å²) in [5, 5.41) is 20.6. The van der Waals surface area contributed by atoms with Crippen LogP contribution >= 0.6 is 0 Å². The van der Waals surface area contributed by atoms with Gasteiger partial charge in [0.25, 0.3) is 0 Å². The Labute approximate surface area is 108 Å². The molecule has 3 unspecified atom stereocenters. The minimum Gasteiger partial charge on any atom is -0.481 e. The maximum atomic E-state index is 11.9. The summed E-state index contributed by atoms with van der Waals surface area (Å²) in [6.45, 7) is 2.74. The fraction of sp³-hybridized carbons (Fsp3) is 0.846. The van der Waals surface area contributed by atoms with Crippen molar-refractivity contribution in [1.29, 1.82) is 0 Å². The predicted octanol–water partition coefficient (Wildman–Crippen LogP) is 1.01. The lowest BCUT2D eigenvalue weighted by molar-refractivity contribution is -0.141. The summed E-state index contributed by atoms with van der Waals surface area (Å²) in [6.07, 6.45) is 3.33. The molecule has 0 aromatic rings. The van der Waals surface area contributed by atoms with E-state index in [9.17, 15) is 9.59 Å². The third kappa shape index (κ3) is 4.29. The number of nitrogens with one attached hydrogen (secondary N) is 1. The van der Waals surface area contributed by atoms with Crippen LogP contribution in [0.5, 0.6) is 0 Å². The van der Waals surface area contributed by atoms with E-state index < -0.39 is 5.97 Å². The van der Waals surface area contributed by atoms with Gasteiger partial charge in [-0.25, -0.2) is 0 Å². The summed E-state index contributed by atoms with van der Waals surface area (Å²) in [5.74, 6) is -1.04. The van der Waals surface area contributed by atoms with Crippen LogP contribution in [-0.4, -0.2) is 35.2 Å². The van der Waals surface area contributed by atoms with Gasteiger partial charge < -0.3 is 15.5 Å². The Morgan fingerprint density at radius 1 is 1.33 bits per heavy atom. The van der Waals surface area contributed by atoms with E-state index >= 15 is 0 Å². The molecule has 0 aromatic heterocycles. The second kappa shape index (κ2) is 7.36. The summed E-state index contributed by atoms with van der Waals surface area (Å²) in [7, 11) is 0. The highest BCUT2D eigenvalue weighted by Crippen LogP contribution is 2.31. The Morgan fingerprint density at radius 2 is 2.00 bits per heavy atom. The average Bonchev–Trinajstić information content (AvgIpc) is 2.83. The molecule has 3 atom stereocenters. The van der Waals surface area contributed by atoms with Crippen molar-refractivity contribution in [3.8, 4) is 0 Å². The zero-order valence-corrected chi connectivity index (χ0v) is 10.9. The zero-order valence-electron chi connectivity index (χ0n) is 10.9. The third-order valence-electron chi connectivity index (χ3n) is 3.83. The van der Waals surface area contributed by atoms with E-state index in [1.54, 1.807) is 0 Å². The molecule has 0 bridgehead atoms. The molecule has 1 aliphatic carbocycles. The summed E-state index contributed by atoms with van der Waals surface area (Å²) < 4.78 is 0. The van der Waals surface area contributed by atoms with Crippen LogP contribution in [-0.2, 0) is 9.59 Å². The van der Waals surface area contributed by atoms with Gasteiger partial charge in [-0.15, -0.1) is 0 Å². The van der Waals surface area contributed by atoms with Crippen LogP contribution in [0.15, 0.2) is 0 Å². The first-order chi connectivity index (χ1) is 8.58.